The fraction of sp³-hybridized carbons (Fsp3) is 0.300. The number of carbonyl (C=O) groups is 1. The third kappa shape index (κ3) is 2.77. The second kappa shape index (κ2) is 3.83. The van der Waals surface area contributed by atoms with Crippen LogP contribution in [0.5, 0.6) is 0 Å². The van der Waals surface area contributed by atoms with Gasteiger partial charge in [0.15, 0.2) is 0 Å². The van der Waals surface area contributed by atoms with Crippen LogP contribution in [0.3, 0.4) is 0 Å². The van der Waals surface area contributed by atoms with E-state index < -0.39 is 10.7 Å². The first-order chi connectivity index (χ1) is 6.02. The Morgan fingerprint density at radius 1 is 1.46 bits per heavy atom. The van der Waals surface area contributed by atoms with Crippen molar-refractivity contribution < 1.29 is 9.90 Å². The molecule has 0 spiro atoms. The van der Waals surface area contributed by atoms with E-state index in [2.05, 4.69) is 12.6 Å². The maximum absolute atomic E-state index is 10.7. The van der Waals surface area contributed by atoms with Crippen molar-refractivity contribution in [3.63, 3.8) is 0 Å². The van der Waals surface area contributed by atoms with Crippen LogP contribution in [-0.2, 0) is 11.2 Å². The molecule has 1 aromatic carbocycles. The van der Waals surface area contributed by atoms with E-state index in [0.717, 1.165) is 5.56 Å². The van der Waals surface area contributed by atoms with Gasteiger partial charge in [0.2, 0.25) is 0 Å². The molecule has 0 aliphatic carbocycles. The average Bonchev–Trinajstić information content (AvgIpc) is 2.05. The minimum atomic E-state index is -0.985. The van der Waals surface area contributed by atoms with Crippen LogP contribution in [0.15, 0.2) is 30.3 Å². The summed E-state index contributed by atoms with van der Waals surface area (Å²) in [6.07, 6.45) is 0.437. The van der Waals surface area contributed by atoms with Crippen LogP contribution < -0.4 is 0 Å². The van der Waals surface area contributed by atoms with E-state index in [0.29, 0.717) is 6.42 Å². The van der Waals surface area contributed by atoms with Crippen LogP contribution in [0.4, 0.5) is 0 Å². The van der Waals surface area contributed by atoms with Gasteiger partial charge < -0.3 is 5.11 Å². The highest BCUT2D eigenvalue weighted by Crippen LogP contribution is 2.19. The minimum Gasteiger partial charge on any atom is -0.480 e. The highest BCUT2D eigenvalue weighted by atomic mass is 32.1. The van der Waals surface area contributed by atoms with Crippen LogP contribution in [0.2, 0.25) is 0 Å². The van der Waals surface area contributed by atoms with Gasteiger partial charge in [0.25, 0.3) is 0 Å². The predicted octanol–water partition coefficient (Wildman–Crippen LogP) is 2.00. The van der Waals surface area contributed by atoms with Gasteiger partial charge in [-0.05, 0) is 18.9 Å². The molecular formula is C10H12O2S. The monoisotopic (exact) mass is 196 g/mol. The summed E-state index contributed by atoms with van der Waals surface area (Å²) >= 11 is 4.09. The normalized spacial score (nSPS) is 14.9. The summed E-state index contributed by atoms with van der Waals surface area (Å²) in [6.45, 7) is 1.60. The SMILES string of the molecule is C[C@@](S)(Cc1ccccc1)C(=O)O. The summed E-state index contributed by atoms with van der Waals surface area (Å²) < 4.78 is -0.985. The first-order valence-corrected chi connectivity index (χ1v) is 4.47. The third-order valence-electron chi connectivity index (χ3n) is 1.85. The Morgan fingerprint density at radius 3 is 2.46 bits per heavy atom. The standard InChI is InChI=1S/C10H12O2S/c1-10(13,9(11)12)7-8-5-3-2-4-6-8/h2-6,13H,7H2,1H3,(H,11,12)/t10-/m1/s1. The first kappa shape index (κ1) is 10.1. The topological polar surface area (TPSA) is 37.3 Å². The number of rotatable bonds is 3. The van der Waals surface area contributed by atoms with Crippen molar-refractivity contribution in [2.24, 2.45) is 0 Å². The highest BCUT2D eigenvalue weighted by Gasteiger charge is 2.28. The molecule has 1 atom stereocenters. The molecule has 0 fully saturated rings. The molecule has 3 heteroatoms. The van der Waals surface area contributed by atoms with Crippen LogP contribution in [-0.4, -0.2) is 15.8 Å². The van der Waals surface area contributed by atoms with Crippen LogP contribution in [0.25, 0.3) is 0 Å². The van der Waals surface area contributed by atoms with Gasteiger partial charge in [-0.1, -0.05) is 30.3 Å². The van der Waals surface area contributed by atoms with E-state index in [1.165, 1.54) is 0 Å². The molecule has 1 aromatic rings. The number of hydrogen-bond acceptors (Lipinski definition) is 2. The zero-order valence-electron chi connectivity index (χ0n) is 7.40. The lowest BCUT2D eigenvalue weighted by Gasteiger charge is -2.17. The van der Waals surface area contributed by atoms with E-state index in [1.54, 1.807) is 6.92 Å². The van der Waals surface area contributed by atoms with Crippen molar-refractivity contribution in [3.8, 4) is 0 Å². The summed E-state index contributed by atoms with van der Waals surface area (Å²) in [5, 5.41) is 8.83. The molecule has 0 amide bonds. The van der Waals surface area contributed by atoms with Gasteiger partial charge in [0.1, 0.15) is 4.75 Å². The van der Waals surface area contributed by atoms with Crippen LogP contribution in [0, 0.1) is 0 Å². The Morgan fingerprint density at radius 2 is 2.00 bits per heavy atom. The van der Waals surface area contributed by atoms with Gasteiger partial charge in [-0.25, -0.2) is 0 Å². The number of aliphatic carboxylic acids is 1. The molecule has 70 valence electrons. The number of carboxylic acids is 1. The molecule has 1 N–H and O–H groups in total. The second-order valence-corrected chi connectivity index (χ2v) is 4.23. The van der Waals surface area contributed by atoms with E-state index in [4.69, 9.17) is 5.11 Å². The van der Waals surface area contributed by atoms with Gasteiger partial charge in [0, 0.05) is 0 Å². The molecule has 0 aliphatic heterocycles. The van der Waals surface area contributed by atoms with Crippen molar-refractivity contribution in [3.05, 3.63) is 35.9 Å². The fourth-order valence-electron chi connectivity index (χ4n) is 1.07. The summed E-state index contributed by atoms with van der Waals surface area (Å²) in [4.78, 5) is 10.7. The Labute approximate surface area is 83.0 Å². The molecule has 1 rings (SSSR count). The van der Waals surface area contributed by atoms with Crippen molar-refractivity contribution >= 4 is 18.6 Å². The minimum absolute atomic E-state index is 0.437. The molecule has 2 nitrogen and oxygen atoms in total. The average molecular weight is 196 g/mol. The molecule has 13 heavy (non-hydrogen) atoms. The molecule has 0 radical (unpaired) electrons. The molecule has 0 aliphatic rings. The highest BCUT2D eigenvalue weighted by molar-refractivity contribution is 7.82. The largest absolute Gasteiger partial charge is 0.480 e. The predicted molar refractivity (Wildman–Crippen MR) is 55.2 cm³/mol. The Hall–Kier alpha value is -0.960. The van der Waals surface area contributed by atoms with Crippen LogP contribution >= 0.6 is 12.6 Å². The molecule has 0 saturated heterocycles. The molecule has 0 saturated carbocycles. The van der Waals surface area contributed by atoms with Gasteiger partial charge in [-0.15, -0.1) is 0 Å². The first-order valence-electron chi connectivity index (χ1n) is 4.02. The summed E-state index contributed by atoms with van der Waals surface area (Å²) in [5.41, 5.74) is 0.988. The fourth-order valence-corrected chi connectivity index (χ4v) is 1.25. The summed E-state index contributed by atoms with van der Waals surface area (Å²) in [6, 6.07) is 9.48. The molecule has 0 aromatic heterocycles. The smallest absolute Gasteiger partial charge is 0.319 e. The summed E-state index contributed by atoms with van der Waals surface area (Å²) in [5.74, 6) is -0.889. The van der Waals surface area contributed by atoms with Crippen molar-refractivity contribution in [1.29, 1.82) is 0 Å². The quantitative estimate of drug-likeness (QED) is 0.725. The van der Waals surface area contributed by atoms with Gasteiger partial charge >= 0.3 is 5.97 Å². The maximum atomic E-state index is 10.7. The van der Waals surface area contributed by atoms with Gasteiger partial charge in [-0.2, -0.15) is 12.6 Å². The number of hydrogen-bond donors (Lipinski definition) is 2. The lowest BCUT2D eigenvalue weighted by molar-refractivity contribution is -0.139. The van der Waals surface area contributed by atoms with E-state index >= 15 is 0 Å². The molecule has 0 unspecified atom stereocenters. The zero-order valence-corrected chi connectivity index (χ0v) is 8.29. The number of carboxylic acid groups (broad SMARTS) is 1. The molecule has 0 heterocycles. The molecular weight excluding hydrogens is 184 g/mol. The Kier molecular flexibility index (Phi) is 2.98. The van der Waals surface area contributed by atoms with Crippen molar-refractivity contribution in [2.45, 2.75) is 18.1 Å². The van der Waals surface area contributed by atoms with Crippen molar-refractivity contribution in [1.82, 2.24) is 0 Å². The molecule has 0 bridgehead atoms. The summed E-state index contributed by atoms with van der Waals surface area (Å²) in [7, 11) is 0. The number of benzene rings is 1. The van der Waals surface area contributed by atoms with E-state index in [-0.39, 0.29) is 0 Å². The Bertz CT molecular complexity index is 293. The zero-order chi connectivity index (χ0) is 9.90. The maximum Gasteiger partial charge on any atom is 0.319 e. The van der Waals surface area contributed by atoms with Gasteiger partial charge in [0.05, 0.1) is 0 Å². The lowest BCUT2D eigenvalue weighted by Crippen LogP contribution is -2.31. The lowest BCUT2D eigenvalue weighted by atomic mass is 10.0. The van der Waals surface area contributed by atoms with E-state index in [1.807, 2.05) is 30.3 Å². The second-order valence-electron chi connectivity index (χ2n) is 3.24. The third-order valence-corrected chi connectivity index (χ3v) is 2.20. The number of thiol groups is 1. The van der Waals surface area contributed by atoms with Crippen LogP contribution in [0.1, 0.15) is 12.5 Å². The van der Waals surface area contributed by atoms with E-state index in [9.17, 15) is 4.79 Å². The Balaban J connectivity index is 2.75. The van der Waals surface area contributed by atoms with Gasteiger partial charge in [-0.3, -0.25) is 4.79 Å². The van der Waals surface area contributed by atoms with Crippen molar-refractivity contribution in [2.75, 3.05) is 0 Å².